The minimum absolute atomic E-state index is 0.246. The average Bonchev–Trinajstić information content (AvgIpc) is 2.59. The molecule has 2 aromatic carbocycles. The first-order valence-electron chi connectivity index (χ1n) is 7.95. The molecule has 1 atom stereocenters. The molecule has 0 amide bonds. The van der Waals surface area contributed by atoms with Gasteiger partial charge in [0, 0.05) is 12.1 Å². The number of benzene rings is 2. The van der Waals surface area contributed by atoms with E-state index in [2.05, 4.69) is 0 Å². The number of rotatable bonds is 4. The monoisotopic (exact) mass is 353 g/mol. The molecule has 1 heterocycles. The normalized spacial score (nSPS) is 12.7. The van der Waals surface area contributed by atoms with Crippen LogP contribution in [0, 0.1) is 19.1 Å². The Kier molecular flexibility index (Phi) is 4.59. The van der Waals surface area contributed by atoms with Gasteiger partial charge in [0.1, 0.15) is 5.25 Å². The fourth-order valence-electron chi connectivity index (χ4n) is 2.95. The standard InChI is InChI=1S/C20H19NO3S/c1-15-11-12-16(2)18(14-15)20(17-8-4-3-5-9-17)25(23,24)19-10-6-7-13-21(19)22/h3-14,20H,1-2H3. The SMILES string of the molecule is Cc1ccc(C)c(C(c2ccccc2)S(=O)(=O)c2cccc[n+]2[O-])c1. The van der Waals surface area contributed by atoms with Crippen LogP contribution in [0.3, 0.4) is 0 Å². The molecule has 0 aliphatic heterocycles. The van der Waals surface area contributed by atoms with Gasteiger partial charge in [-0.05, 0) is 36.6 Å². The second-order valence-corrected chi connectivity index (χ2v) is 8.04. The minimum atomic E-state index is -3.93. The minimum Gasteiger partial charge on any atom is -0.618 e. The van der Waals surface area contributed by atoms with Crippen molar-refractivity contribution >= 4 is 9.84 Å². The maximum atomic E-state index is 13.4. The highest BCUT2D eigenvalue weighted by Gasteiger charge is 2.36. The first kappa shape index (κ1) is 17.2. The van der Waals surface area contributed by atoms with Gasteiger partial charge < -0.3 is 5.21 Å². The molecule has 3 aromatic rings. The summed E-state index contributed by atoms with van der Waals surface area (Å²) in [5.74, 6) is 0. The third kappa shape index (κ3) is 3.28. The summed E-state index contributed by atoms with van der Waals surface area (Å²) in [7, 11) is -3.93. The van der Waals surface area contributed by atoms with Crippen molar-refractivity contribution in [3.8, 4) is 0 Å². The van der Waals surface area contributed by atoms with Crippen LogP contribution in [0.2, 0.25) is 0 Å². The van der Waals surface area contributed by atoms with Gasteiger partial charge in [-0.1, -0.05) is 54.1 Å². The van der Waals surface area contributed by atoms with Crippen LogP contribution < -0.4 is 4.73 Å². The number of hydrogen-bond acceptors (Lipinski definition) is 3. The van der Waals surface area contributed by atoms with Gasteiger partial charge >= 0.3 is 5.03 Å². The van der Waals surface area contributed by atoms with Crippen molar-refractivity contribution in [3.05, 3.63) is 100 Å². The van der Waals surface area contributed by atoms with E-state index in [1.807, 2.05) is 38.1 Å². The molecule has 0 aliphatic carbocycles. The number of hydrogen-bond donors (Lipinski definition) is 0. The summed E-state index contributed by atoms with van der Waals surface area (Å²) in [4.78, 5) is 0. The van der Waals surface area contributed by atoms with Crippen LogP contribution in [0.25, 0.3) is 0 Å². The zero-order chi connectivity index (χ0) is 18.0. The number of pyridine rings is 1. The van der Waals surface area contributed by atoms with Crippen molar-refractivity contribution < 1.29 is 13.1 Å². The lowest BCUT2D eigenvalue weighted by molar-refractivity contribution is -0.646. The lowest BCUT2D eigenvalue weighted by Gasteiger charge is -2.20. The highest BCUT2D eigenvalue weighted by molar-refractivity contribution is 7.91. The molecule has 0 N–H and O–H groups in total. The van der Waals surface area contributed by atoms with Crippen molar-refractivity contribution in [1.82, 2.24) is 0 Å². The first-order chi connectivity index (χ1) is 11.9. The van der Waals surface area contributed by atoms with Gasteiger partial charge in [0.25, 0.3) is 0 Å². The molecule has 0 radical (unpaired) electrons. The predicted octanol–water partition coefficient (Wildman–Crippen LogP) is 3.50. The Bertz CT molecular complexity index is 998. The molecule has 1 aromatic heterocycles. The van der Waals surface area contributed by atoms with Crippen LogP contribution in [-0.4, -0.2) is 8.42 Å². The number of sulfone groups is 1. The highest BCUT2D eigenvalue weighted by Crippen LogP contribution is 2.35. The summed E-state index contributed by atoms with van der Waals surface area (Å²) in [5, 5.41) is 10.9. The number of aryl methyl sites for hydroxylation is 2. The van der Waals surface area contributed by atoms with Crippen molar-refractivity contribution in [2.24, 2.45) is 0 Å². The molecule has 3 rings (SSSR count). The van der Waals surface area contributed by atoms with E-state index >= 15 is 0 Å². The molecular weight excluding hydrogens is 334 g/mol. The molecule has 0 bridgehead atoms. The molecule has 5 heteroatoms. The van der Waals surface area contributed by atoms with E-state index in [9.17, 15) is 13.6 Å². The maximum absolute atomic E-state index is 13.4. The third-order valence-electron chi connectivity index (χ3n) is 4.21. The largest absolute Gasteiger partial charge is 0.618 e. The fraction of sp³-hybridized carbons (Fsp3) is 0.150. The first-order valence-corrected chi connectivity index (χ1v) is 9.50. The Morgan fingerprint density at radius 3 is 2.28 bits per heavy atom. The van der Waals surface area contributed by atoms with E-state index in [4.69, 9.17) is 0 Å². The Balaban J connectivity index is 2.29. The van der Waals surface area contributed by atoms with E-state index in [-0.39, 0.29) is 5.03 Å². The number of nitrogens with zero attached hydrogens (tertiary/aromatic N) is 1. The molecule has 0 saturated carbocycles. The van der Waals surface area contributed by atoms with Crippen molar-refractivity contribution in [2.45, 2.75) is 24.1 Å². The smallest absolute Gasteiger partial charge is 0.309 e. The Morgan fingerprint density at radius 1 is 0.920 bits per heavy atom. The second-order valence-electron chi connectivity index (χ2n) is 6.06. The molecular formula is C20H19NO3S. The zero-order valence-corrected chi connectivity index (χ0v) is 14.9. The summed E-state index contributed by atoms with van der Waals surface area (Å²) in [6, 6.07) is 19.2. The maximum Gasteiger partial charge on any atom is 0.309 e. The second kappa shape index (κ2) is 6.69. The summed E-state index contributed by atoms with van der Waals surface area (Å²) in [5.41, 5.74) is 3.17. The number of aromatic nitrogens is 1. The fourth-order valence-corrected chi connectivity index (χ4v) is 4.87. The molecule has 1 unspecified atom stereocenters. The van der Waals surface area contributed by atoms with Gasteiger partial charge in [-0.25, -0.2) is 8.42 Å². The Morgan fingerprint density at radius 2 is 1.60 bits per heavy atom. The molecule has 0 spiro atoms. The van der Waals surface area contributed by atoms with Crippen LogP contribution in [-0.2, 0) is 9.84 Å². The molecule has 25 heavy (non-hydrogen) atoms. The van der Waals surface area contributed by atoms with E-state index in [1.165, 1.54) is 18.3 Å². The van der Waals surface area contributed by atoms with Crippen LogP contribution in [0.5, 0.6) is 0 Å². The van der Waals surface area contributed by atoms with Crippen molar-refractivity contribution in [2.75, 3.05) is 0 Å². The molecule has 4 nitrogen and oxygen atoms in total. The van der Waals surface area contributed by atoms with Crippen LogP contribution >= 0.6 is 0 Å². The van der Waals surface area contributed by atoms with Gasteiger partial charge in [0.05, 0.1) is 0 Å². The summed E-state index contributed by atoms with van der Waals surface area (Å²) < 4.78 is 27.2. The van der Waals surface area contributed by atoms with Crippen LogP contribution in [0.1, 0.15) is 27.5 Å². The third-order valence-corrected chi connectivity index (χ3v) is 6.26. The van der Waals surface area contributed by atoms with Crippen molar-refractivity contribution in [3.63, 3.8) is 0 Å². The van der Waals surface area contributed by atoms with Gasteiger partial charge in [-0.2, -0.15) is 4.73 Å². The van der Waals surface area contributed by atoms with Gasteiger partial charge in [-0.3, -0.25) is 0 Å². The summed E-state index contributed by atoms with van der Waals surface area (Å²) in [6.45, 7) is 3.81. The predicted molar refractivity (Wildman–Crippen MR) is 96.8 cm³/mol. The zero-order valence-electron chi connectivity index (χ0n) is 14.1. The average molecular weight is 353 g/mol. The topological polar surface area (TPSA) is 61.1 Å². The Hall–Kier alpha value is -2.66. The van der Waals surface area contributed by atoms with E-state index in [0.717, 1.165) is 11.1 Å². The molecule has 0 fully saturated rings. The Labute approximate surface area is 147 Å². The van der Waals surface area contributed by atoms with E-state index < -0.39 is 15.1 Å². The van der Waals surface area contributed by atoms with Crippen LogP contribution in [0.4, 0.5) is 0 Å². The molecule has 0 aliphatic rings. The van der Waals surface area contributed by atoms with Gasteiger partial charge in [0.2, 0.25) is 9.84 Å². The highest BCUT2D eigenvalue weighted by atomic mass is 32.2. The van der Waals surface area contributed by atoms with Gasteiger partial charge in [0.15, 0.2) is 6.20 Å². The summed E-state index contributed by atoms with van der Waals surface area (Å²) in [6.07, 6.45) is 1.21. The van der Waals surface area contributed by atoms with Gasteiger partial charge in [-0.15, -0.1) is 0 Å². The molecule has 128 valence electrons. The van der Waals surface area contributed by atoms with Crippen molar-refractivity contribution in [1.29, 1.82) is 0 Å². The van der Waals surface area contributed by atoms with Crippen LogP contribution in [0.15, 0.2) is 78.0 Å². The summed E-state index contributed by atoms with van der Waals surface area (Å²) >= 11 is 0. The van der Waals surface area contributed by atoms with E-state index in [0.29, 0.717) is 15.9 Å². The quantitative estimate of drug-likeness (QED) is 0.533. The molecule has 0 saturated heterocycles. The lowest BCUT2D eigenvalue weighted by atomic mass is 9.98. The van der Waals surface area contributed by atoms with E-state index in [1.54, 1.807) is 30.3 Å². The lowest BCUT2D eigenvalue weighted by Crippen LogP contribution is -2.35.